The van der Waals surface area contributed by atoms with Crippen molar-refractivity contribution in [2.24, 2.45) is 0 Å². The summed E-state index contributed by atoms with van der Waals surface area (Å²) in [6.07, 6.45) is 8.85. The van der Waals surface area contributed by atoms with Gasteiger partial charge in [-0.25, -0.2) is 0 Å². The molecule has 0 saturated carbocycles. The molecule has 1 aromatic rings. The number of phenolic OH excluding ortho intramolecular Hbond substituents is 1. The number of aryl methyl sites for hydroxylation is 1. The fraction of sp³-hybridized carbons (Fsp3) is 0.562. The number of benzene rings is 1. The molecule has 0 spiro atoms. The zero-order valence-corrected chi connectivity index (χ0v) is 17.8. The predicted octanol–water partition coefficient (Wildman–Crippen LogP) is 4.37. The van der Waals surface area contributed by atoms with E-state index in [1.165, 1.54) is 38.5 Å². The Kier molecular flexibility index (Phi) is 12.4. The summed E-state index contributed by atoms with van der Waals surface area (Å²) in [7, 11) is 0. The van der Waals surface area contributed by atoms with E-state index < -0.39 is 0 Å². The topological polar surface area (TPSA) is 37.3 Å². The summed E-state index contributed by atoms with van der Waals surface area (Å²) in [6, 6.07) is 7.65. The molecule has 0 heterocycles. The van der Waals surface area contributed by atoms with Gasteiger partial charge in [0.1, 0.15) is 5.75 Å². The van der Waals surface area contributed by atoms with Gasteiger partial charge < -0.3 is 5.11 Å². The van der Waals surface area contributed by atoms with E-state index in [0.29, 0.717) is 35.2 Å². The third kappa shape index (κ3) is 12.4. The first-order valence-electron chi connectivity index (χ1n) is 7.17. The standard InChI is InChI=1S/C14H22O.C2H3O.Hg/c1-2-3-4-5-6-7-10-13-11-8-9-12-14(13)15;1-2-3;/h8-9,11-12,15H,2-7,10H2,1H3;1H3;. The van der Waals surface area contributed by atoms with Crippen LogP contribution in [0.3, 0.4) is 0 Å². The van der Waals surface area contributed by atoms with Crippen LogP contribution in [0.2, 0.25) is 0 Å². The monoisotopic (exact) mass is 451 g/mol. The molecule has 0 fully saturated rings. The number of para-hydroxylation sites is 1. The van der Waals surface area contributed by atoms with Gasteiger partial charge in [0.25, 0.3) is 0 Å². The van der Waals surface area contributed by atoms with Gasteiger partial charge in [0.15, 0.2) is 0 Å². The number of aromatic hydroxyl groups is 1. The predicted molar refractivity (Wildman–Crippen MR) is 75.9 cm³/mol. The Balaban J connectivity index is 0.000000711. The number of carbonyl (C=O) groups is 1. The van der Waals surface area contributed by atoms with Crippen molar-refractivity contribution < 1.29 is 36.0 Å². The third-order valence-corrected chi connectivity index (χ3v) is 2.79. The van der Waals surface area contributed by atoms with Crippen molar-refractivity contribution in [1.29, 1.82) is 0 Å². The van der Waals surface area contributed by atoms with Crippen LogP contribution in [-0.2, 0) is 37.3 Å². The Morgan fingerprint density at radius 3 is 2.21 bits per heavy atom. The normalized spacial score (nSPS) is 9.68. The molecule has 1 N–H and O–H groups in total. The molecule has 0 amide bonds. The number of phenols is 1. The van der Waals surface area contributed by atoms with E-state index in [2.05, 4.69) is 6.92 Å². The molecule has 0 saturated heterocycles. The van der Waals surface area contributed by atoms with Gasteiger partial charge >= 0.3 is 41.1 Å². The van der Waals surface area contributed by atoms with Gasteiger partial charge in [-0.2, -0.15) is 0 Å². The molecule has 0 aliphatic carbocycles. The fourth-order valence-electron chi connectivity index (χ4n) is 1.82. The minimum absolute atomic E-state index is 0.361. The molecule has 0 aromatic heterocycles. The molecule has 19 heavy (non-hydrogen) atoms. The molecule has 0 unspecified atom stereocenters. The van der Waals surface area contributed by atoms with Crippen LogP contribution in [0.15, 0.2) is 24.3 Å². The minimum atomic E-state index is 0.361. The Bertz CT molecular complexity index is 346. The number of hydrogen-bond acceptors (Lipinski definition) is 2. The summed E-state index contributed by atoms with van der Waals surface area (Å²) < 4.78 is 0.361. The van der Waals surface area contributed by atoms with Crippen LogP contribution >= 0.6 is 0 Å². The van der Waals surface area contributed by atoms with E-state index >= 15 is 0 Å². The zero-order chi connectivity index (χ0) is 14.5. The third-order valence-electron chi connectivity index (χ3n) is 2.79. The van der Waals surface area contributed by atoms with Gasteiger partial charge in [0.05, 0.1) is 0 Å². The molecule has 103 valence electrons. The van der Waals surface area contributed by atoms with E-state index in [1.807, 2.05) is 18.2 Å². The van der Waals surface area contributed by atoms with Gasteiger partial charge in [-0.15, -0.1) is 0 Å². The molecule has 1 aromatic carbocycles. The van der Waals surface area contributed by atoms with Crippen LogP contribution in [0, 0.1) is 0 Å². The average Bonchev–Trinajstić information content (AvgIpc) is 2.35. The van der Waals surface area contributed by atoms with Crippen molar-refractivity contribution in [2.75, 3.05) is 0 Å². The number of unbranched alkanes of at least 4 members (excludes halogenated alkanes) is 5. The molecular weight excluding hydrogens is 425 g/mol. The van der Waals surface area contributed by atoms with Crippen molar-refractivity contribution in [3.8, 4) is 5.75 Å². The second kappa shape index (κ2) is 12.6. The van der Waals surface area contributed by atoms with Gasteiger partial charge in [-0.3, -0.25) is 0 Å². The van der Waals surface area contributed by atoms with Crippen LogP contribution in [0.1, 0.15) is 57.9 Å². The SMILES string of the molecule is CCCCCCCCc1ccccc1O.C[C](=O)[Hg]. The molecule has 2 nitrogen and oxygen atoms in total. The molecule has 3 heteroatoms. The van der Waals surface area contributed by atoms with E-state index in [-0.39, 0.29) is 0 Å². The van der Waals surface area contributed by atoms with Gasteiger partial charge in [-0.1, -0.05) is 57.2 Å². The van der Waals surface area contributed by atoms with E-state index in [1.54, 1.807) is 13.0 Å². The maximum atomic E-state index is 9.55. The summed E-state index contributed by atoms with van der Waals surface area (Å²) >= 11 is 0.383. The number of rotatable bonds is 7. The molecular formula is C16H25HgO2. The Morgan fingerprint density at radius 2 is 1.63 bits per heavy atom. The van der Waals surface area contributed by atoms with E-state index in [9.17, 15) is 9.90 Å². The van der Waals surface area contributed by atoms with Crippen molar-refractivity contribution in [3.05, 3.63) is 29.8 Å². The average molecular weight is 450 g/mol. The van der Waals surface area contributed by atoms with Crippen molar-refractivity contribution in [3.63, 3.8) is 0 Å². The van der Waals surface area contributed by atoms with Crippen LogP contribution in [0.5, 0.6) is 5.75 Å². The van der Waals surface area contributed by atoms with Crippen molar-refractivity contribution >= 4 is 3.29 Å². The number of carbonyl (C=O) groups excluding carboxylic acids is 1. The summed E-state index contributed by atoms with van der Waals surface area (Å²) in [5.41, 5.74) is 1.09. The van der Waals surface area contributed by atoms with Crippen LogP contribution in [0.4, 0.5) is 0 Å². The summed E-state index contributed by atoms with van der Waals surface area (Å²) in [5.74, 6) is 0.450. The van der Waals surface area contributed by atoms with E-state index in [0.717, 1.165) is 12.0 Å². The Hall–Kier alpha value is -0.375. The molecule has 0 aliphatic rings. The van der Waals surface area contributed by atoms with Gasteiger partial charge in [0, 0.05) is 0 Å². The summed E-state index contributed by atoms with van der Waals surface area (Å²) in [5, 5.41) is 9.55. The first-order chi connectivity index (χ1) is 9.07. The van der Waals surface area contributed by atoms with Crippen LogP contribution in [-0.4, -0.2) is 8.40 Å². The molecule has 0 aliphatic heterocycles. The first kappa shape index (κ1) is 18.6. The van der Waals surface area contributed by atoms with Crippen molar-refractivity contribution in [2.45, 2.75) is 58.8 Å². The Morgan fingerprint density at radius 1 is 1.11 bits per heavy atom. The molecule has 0 radical (unpaired) electrons. The summed E-state index contributed by atoms with van der Waals surface area (Å²) in [6.45, 7) is 3.85. The summed E-state index contributed by atoms with van der Waals surface area (Å²) in [4.78, 5) is 9.53. The molecule has 0 atom stereocenters. The molecule has 0 bridgehead atoms. The van der Waals surface area contributed by atoms with E-state index in [4.69, 9.17) is 0 Å². The zero-order valence-electron chi connectivity index (χ0n) is 12.3. The first-order valence-corrected chi connectivity index (χ1v) is 9.92. The van der Waals surface area contributed by atoms with Crippen LogP contribution in [0.25, 0.3) is 0 Å². The number of hydrogen-bond donors (Lipinski definition) is 1. The Labute approximate surface area is 133 Å². The quantitative estimate of drug-likeness (QED) is 0.495. The molecule has 1 rings (SSSR count). The second-order valence-electron chi connectivity index (χ2n) is 4.85. The fourth-order valence-corrected chi connectivity index (χ4v) is 1.82. The maximum absolute atomic E-state index is 9.55. The van der Waals surface area contributed by atoms with Crippen LogP contribution < -0.4 is 0 Å². The van der Waals surface area contributed by atoms with Gasteiger partial charge in [0.2, 0.25) is 0 Å². The second-order valence-corrected chi connectivity index (χ2v) is 8.72. The van der Waals surface area contributed by atoms with Crippen molar-refractivity contribution in [1.82, 2.24) is 0 Å². The van der Waals surface area contributed by atoms with Gasteiger partial charge in [-0.05, 0) is 24.5 Å².